The zero-order chi connectivity index (χ0) is 17.3. The highest BCUT2D eigenvalue weighted by molar-refractivity contribution is 7.89. The molecule has 3 N–H and O–H groups in total. The lowest BCUT2D eigenvalue weighted by atomic mass is 10.1. The predicted octanol–water partition coefficient (Wildman–Crippen LogP) is 0.772. The first-order chi connectivity index (χ1) is 11.4. The van der Waals surface area contributed by atoms with Crippen molar-refractivity contribution in [2.45, 2.75) is 30.2 Å². The maximum absolute atomic E-state index is 12.7. The van der Waals surface area contributed by atoms with E-state index < -0.39 is 25.5 Å². The molecular formula is C14H19N3O6S. The Bertz CT molecular complexity index is 751. The van der Waals surface area contributed by atoms with E-state index in [-0.39, 0.29) is 36.7 Å². The second-order valence-electron chi connectivity index (χ2n) is 5.88. The van der Waals surface area contributed by atoms with Gasteiger partial charge in [0.25, 0.3) is 5.69 Å². The number of nitrogens with two attached hydrogens (primary N) is 1. The van der Waals surface area contributed by atoms with Crippen molar-refractivity contribution >= 4 is 15.7 Å². The average molecular weight is 357 g/mol. The van der Waals surface area contributed by atoms with Gasteiger partial charge in [0.15, 0.2) is 16.4 Å². The van der Waals surface area contributed by atoms with Crippen LogP contribution in [0.1, 0.15) is 19.3 Å². The summed E-state index contributed by atoms with van der Waals surface area (Å²) in [4.78, 5) is 10.2. The first kappa shape index (κ1) is 16.9. The number of nitro groups is 1. The van der Waals surface area contributed by atoms with Crippen molar-refractivity contribution in [2.75, 3.05) is 19.8 Å². The summed E-state index contributed by atoms with van der Waals surface area (Å²) in [5.41, 5.74) is 5.14. The Kier molecular flexibility index (Phi) is 4.61. The number of benzene rings is 1. The van der Waals surface area contributed by atoms with Gasteiger partial charge in [-0.05, 0) is 25.3 Å². The van der Waals surface area contributed by atoms with Crippen molar-refractivity contribution in [3.8, 4) is 11.5 Å². The summed E-state index contributed by atoms with van der Waals surface area (Å²) in [5, 5.41) is 11.3. The molecule has 1 aromatic rings. The zero-order valence-electron chi connectivity index (χ0n) is 12.9. The Morgan fingerprint density at radius 2 is 1.92 bits per heavy atom. The molecule has 1 aliphatic heterocycles. The molecule has 1 aliphatic carbocycles. The van der Waals surface area contributed by atoms with E-state index in [2.05, 4.69) is 4.72 Å². The number of sulfonamides is 1. The minimum Gasteiger partial charge on any atom is -0.486 e. The van der Waals surface area contributed by atoms with E-state index in [4.69, 9.17) is 15.2 Å². The van der Waals surface area contributed by atoms with Crippen LogP contribution >= 0.6 is 0 Å². The summed E-state index contributed by atoms with van der Waals surface area (Å²) in [7, 11) is -4.08. The van der Waals surface area contributed by atoms with Crippen LogP contribution in [0.25, 0.3) is 0 Å². The van der Waals surface area contributed by atoms with Crippen molar-refractivity contribution < 1.29 is 22.8 Å². The molecule has 132 valence electrons. The summed E-state index contributed by atoms with van der Waals surface area (Å²) < 4.78 is 38.6. The maximum atomic E-state index is 12.7. The molecule has 0 bridgehead atoms. The molecule has 0 saturated heterocycles. The molecular weight excluding hydrogens is 338 g/mol. The highest BCUT2D eigenvalue weighted by Crippen LogP contribution is 2.39. The monoisotopic (exact) mass is 357 g/mol. The molecule has 2 aliphatic rings. The number of ether oxygens (including phenoxy) is 2. The van der Waals surface area contributed by atoms with Crippen molar-refractivity contribution in [1.29, 1.82) is 0 Å². The topological polar surface area (TPSA) is 134 Å². The van der Waals surface area contributed by atoms with Gasteiger partial charge in [0.2, 0.25) is 10.0 Å². The smallest absolute Gasteiger partial charge is 0.293 e. The Morgan fingerprint density at radius 1 is 1.25 bits per heavy atom. The Labute approximate surface area is 139 Å². The molecule has 1 heterocycles. The van der Waals surface area contributed by atoms with Gasteiger partial charge in [0, 0.05) is 12.1 Å². The molecule has 2 atom stereocenters. The van der Waals surface area contributed by atoms with Gasteiger partial charge in [0.1, 0.15) is 13.2 Å². The lowest BCUT2D eigenvalue weighted by Crippen LogP contribution is -2.40. The molecule has 1 fully saturated rings. The first-order valence-electron chi connectivity index (χ1n) is 7.73. The number of fused-ring (bicyclic) bond motifs is 1. The summed E-state index contributed by atoms with van der Waals surface area (Å²) in [5.74, 6) is 0.401. The molecule has 0 amide bonds. The molecule has 1 aromatic carbocycles. The van der Waals surface area contributed by atoms with Gasteiger partial charge in [-0.25, -0.2) is 13.1 Å². The van der Waals surface area contributed by atoms with Gasteiger partial charge in [-0.3, -0.25) is 10.1 Å². The van der Waals surface area contributed by atoms with Gasteiger partial charge in [0.05, 0.1) is 11.0 Å². The third-order valence-corrected chi connectivity index (χ3v) is 5.90. The van der Waals surface area contributed by atoms with E-state index in [9.17, 15) is 18.5 Å². The molecule has 1 saturated carbocycles. The van der Waals surface area contributed by atoms with Crippen LogP contribution in [0, 0.1) is 16.0 Å². The highest BCUT2D eigenvalue weighted by Gasteiger charge is 2.35. The Hall–Kier alpha value is -1.91. The second kappa shape index (κ2) is 6.54. The Balaban J connectivity index is 1.98. The minimum atomic E-state index is -4.08. The van der Waals surface area contributed by atoms with E-state index in [1.165, 1.54) is 0 Å². The quantitative estimate of drug-likeness (QED) is 0.587. The van der Waals surface area contributed by atoms with Crippen LogP contribution in [-0.2, 0) is 10.0 Å². The number of nitro benzene ring substituents is 1. The fourth-order valence-corrected chi connectivity index (χ4v) is 4.66. The summed E-state index contributed by atoms with van der Waals surface area (Å²) in [6.45, 7) is 0.890. The molecule has 9 nitrogen and oxygen atoms in total. The largest absolute Gasteiger partial charge is 0.486 e. The first-order valence-corrected chi connectivity index (χ1v) is 9.21. The van der Waals surface area contributed by atoms with Crippen molar-refractivity contribution in [3.63, 3.8) is 0 Å². The van der Waals surface area contributed by atoms with Crippen LogP contribution in [0.4, 0.5) is 5.69 Å². The number of hydrogen-bond acceptors (Lipinski definition) is 7. The normalized spacial score (nSPS) is 23.2. The van der Waals surface area contributed by atoms with Gasteiger partial charge in [-0.2, -0.15) is 0 Å². The van der Waals surface area contributed by atoms with E-state index >= 15 is 0 Å². The van der Waals surface area contributed by atoms with Gasteiger partial charge in [-0.15, -0.1) is 0 Å². The van der Waals surface area contributed by atoms with Crippen molar-refractivity contribution in [2.24, 2.45) is 11.7 Å². The third kappa shape index (κ3) is 3.17. The average Bonchev–Trinajstić information content (AvgIpc) is 3.00. The van der Waals surface area contributed by atoms with E-state index in [1.807, 2.05) is 0 Å². The number of nitrogens with zero attached hydrogens (tertiary/aromatic N) is 1. The number of hydrogen-bond donors (Lipinski definition) is 2. The lowest BCUT2D eigenvalue weighted by molar-refractivity contribution is -0.388. The second-order valence-corrected chi connectivity index (χ2v) is 7.56. The Morgan fingerprint density at radius 3 is 2.54 bits per heavy atom. The summed E-state index contributed by atoms with van der Waals surface area (Å²) in [6.07, 6.45) is 2.38. The van der Waals surface area contributed by atoms with Gasteiger partial charge < -0.3 is 15.2 Å². The SMILES string of the molecule is NCC1CCCC1NS(=O)(=O)c1cc2c(cc1[N+](=O)[O-])OCCO2. The van der Waals surface area contributed by atoms with Crippen LogP contribution < -0.4 is 19.9 Å². The minimum absolute atomic E-state index is 0.0380. The lowest BCUT2D eigenvalue weighted by Gasteiger charge is -2.21. The fourth-order valence-electron chi connectivity index (χ4n) is 3.15. The molecule has 10 heteroatoms. The van der Waals surface area contributed by atoms with Crippen LogP contribution in [-0.4, -0.2) is 39.1 Å². The van der Waals surface area contributed by atoms with Gasteiger partial charge in [-0.1, -0.05) is 6.42 Å². The van der Waals surface area contributed by atoms with Crippen LogP contribution in [0.15, 0.2) is 17.0 Å². The fraction of sp³-hybridized carbons (Fsp3) is 0.571. The predicted molar refractivity (Wildman–Crippen MR) is 84.6 cm³/mol. The molecule has 24 heavy (non-hydrogen) atoms. The van der Waals surface area contributed by atoms with Gasteiger partial charge >= 0.3 is 0 Å². The van der Waals surface area contributed by atoms with Crippen molar-refractivity contribution in [3.05, 3.63) is 22.2 Å². The van der Waals surface area contributed by atoms with E-state index in [0.29, 0.717) is 13.0 Å². The molecule has 3 rings (SSSR count). The molecule has 0 spiro atoms. The summed E-state index contributed by atoms with van der Waals surface area (Å²) in [6, 6.07) is 1.94. The summed E-state index contributed by atoms with van der Waals surface area (Å²) >= 11 is 0. The molecule has 0 radical (unpaired) electrons. The highest BCUT2D eigenvalue weighted by atomic mass is 32.2. The zero-order valence-corrected chi connectivity index (χ0v) is 13.8. The van der Waals surface area contributed by atoms with Crippen molar-refractivity contribution in [1.82, 2.24) is 4.72 Å². The van der Waals surface area contributed by atoms with E-state index in [0.717, 1.165) is 25.0 Å². The van der Waals surface area contributed by atoms with Crippen LogP contribution in [0.3, 0.4) is 0 Å². The maximum Gasteiger partial charge on any atom is 0.293 e. The number of rotatable bonds is 5. The standard InChI is InChI=1S/C14H19N3O6S/c15-8-9-2-1-3-10(9)16-24(20,21)14-7-13-12(22-4-5-23-13)6-11(14)17(18)19/h6-7,9-10,16H,1-5,8,15H2. The molecule has 2 unspecified atom stereocenters. The third-order valence-electron chi connectivity index (χ3n) is 4.38. The number of nitrogens with one attached hydrogen (secondary N) is 1. The van der Waals surface area contributed by atoms with Crippen LogP contribution in [0.5, 0.6) is 11.5 Å². The molecule has 0 aromatic heterocycles. The van der Waals surface area contributed by atoms with E-state index in [1.54, 1.807) is 0 Å². The van der Waals surface area contributed by atoms with Crippen LogP contribution in [0.2, 0.25) is 0 Å².